The van der Waals surface area contributed by atoms with Crippen molar-refractivity contribution in [3.8, 4) is 0 Å². The van der Waals surface area contributed by atoms with E-state index >= 15 is 0 Å². The van der Waals surface area contributed by atoms with Crippen molar-refractivity contribution in [2.75, 3.05) is 12.3 Å². The zero-order chi connectivity index (χ0) is 14.9. The maximum absolute atomic E-state index is 3.69. The number of rotatable bonds is 9. The molecule has 0 spiro atoms. The minimum atomic E-state index is 0.578. The highest BCUT2D eigenvalue weighted by Gasteiger charge is 2.09. The largest absolute Gasteiger partial charge is 0.313 e. The van der Waals surface area contributed by atoms with Gasteiger partial charge in [-0.05, 0) is 66.4 Å². The molecule has 0 amide bonds. The Bertz CT molecular complexity index is 513. The van der Waals surface area contributed by atoms with Crippen molar-refractivity contribution in [1.29, 1.82) is 0 Å². The summed E-state index contributed by atoms with van der Waals surface area (Å²) < 4.78 is 1.16. The standard InChI is InChI=1S/C17H22BrNS2/c1-2-9-19-16(7-6-14-8-10-20-12-14)13-21-17-5-3-4-15(18)11-17/h3-5,8,10-12,16,19H,2,6-7,9,13H2,1H3. The average Bonchev–Trinajstić information content (AvgIpc) is 3.00. The number of thiophene rings is 1. The molecule has 4 heteroatoms. The Labute approximate surface area is 144 Å². The molecule has 1 aromatic carbocycles. The Morgan fingerprint density at radius 3 is 2.95 bits per heavy atom. The molecule has 0 fully saturated rings. The minimum absolute atomic E-state index is 0.578. The molecule has 0 aliphatic carbocycles. The van der Waals surface area contributed by atoms with Crippen LogP contribution in [-0.4, -0.2) is 18.3 Å². The molecule has 0 saturated heterocycles. The quantitative estimate of drug-likeness (QED) is 0.565. The molecule has 2 aromatic rings. The summed E-state index contributed by atoms with van der Waals surface area (Å²) in [5, 5.41) is 8.12. The average molecular weight is 384 g/mol. The van der Waals surface area contributed by atoms with Crippen LogP contribution in [0, 0.1) is 0 Å². The molecule has 1 nitrogen and oxygen atoms in total. The lowest BCUT2D eigenvalue weighted by atomic mass is 10.1. The molecule has 0 saturated carbocycles. The molecular weight excluding hydrogens is 362 g/mol. The molecule has 2 rings (SSSR count). The van der Waals surface area contributed by atoms with E-state index in [-0.39, 0.29) is 0 Å². The molecular formula is C17H22BrNS2. The molecule has 0 aliphatic rings. The molecule has 21 heavy (non-hydrogen) atoms. The summed E-state index contributed by atoms with van der Waals surface area (Å²) in [6.07, 6.45) is 3.57. The van der Waals surface area contributed by atoms with Gasteiger partial charge in [-0.25, -0.2) is 0 Å². The summed E-state index contributed by atoms with van der Waals surface area (Å²) >= 11 is 7.27. The van der Waals surface area contributed by atoms with Crippen LogP contribution in [0.25, 0.3) is 0 Å². The lowest BCUT2D eigenvalue weighted by Gasteiger charge is -2.18. The van der Waals surface area contributed by atoms with Gasteiger partial charge in [0.15, 0.2) is 0 Å². The Morgan fingerprint density at radius 1 is 1.33 bits per heavy atom. The second-order valence-corrected chi connectivity index (χ2v) is 7.88. The van der Waals surface area contributed by atoms with Gasteiger partial charge in [-0.1, -0.05) is 28.9 Å². The van der Waals surface area contributed by atoms with Crippen molar-refractivity contribution in [3.05, 3.63) is 51.1 Å². The van der Waals surface area contributed by atoms with Crippen LogP contribution in [0.15, 0.2) is 50.5 Å². The summed E-state index contributed by atoms with van der Waals surface area (Å²) in [6.45, 7) is 3.33. The fraction of sp³-hybridized carbons (Fsp3) is 0.412. The second-order valence-electron chi connectivity index (χ2n) is 5.09. The van der Waals surface area contributed by atoms with E-state index in [2.05, 4.69) is 69.3 Å². The van der Waals surface area contributed by atoms with E-state index in [4.69, 9.17) is 0 Å². The fourth-order valence-corrected chi connectivity index (χ4v) is 4.44. The lowest BCUT2D eigenvalue weighted by Crippen LogP contribution is -2.32. The minimum Gasteiger partial charge on any atom is -0.313 e. The number of aryl methyl sites for hydroxylation is 1. The van der Waals surface area contributed by atoms with Crippen molar-refractivity contribution in [3.63, 3.8) is 0 Å². The highest BCUT2D eigenvalue weighted by atomic mass is 79.9. The maximum atomic E-state index is 3.69. The highest BCUT2D eigenvalue weighted by Crippen LogP contribution is 2.23. The van der Waals surface area contributed by atoms with E-state index in [1.165, 1.54) is 29.7 Å². The molecule has 0 aliphatic heterocycles. The first-order valence-electron chi connectivity index (χ1n) is 7.40. The van der Waals surface area contributed by atoms with E-state index < -0.39 is 0 Å². The van der Waals surface area contributed by atoms with E-state index in [9.17, 15) is 0 Å². The van der Waals surface area contributed by atoms with Crippen LogP contribution in [0.2, 0.25) is 0 Å². The summed E-state index contributed by atoms with van der Waals surface area (Å²) in [5.74, 6) is 1.13. The van der Waals surface area contributed by atoms with Gasteiger partial charge in [0.05, 0.1) is 0 Å². The third kappa shape index (κ3) is 6.55. The molecule has 0 bridgehead atoms. The predicted molar refractivity (Wildman–Crippen MR) is 99.6 cm³/mol. The lowest BCUT2D eigenvalue weighted by molar-refractivity contribution is 0.520. The van der Waals surface area contributed by atoms with Gasteiger partial charge in [-0.2, -0.15) is 11.3 Å². The van der Waals surface area contributed by atoms with Gasteiger partial charge in [0, 0.05) is 21.2 Å². The topological polar surface area (TPSA) is 12.0 Å². The van der Waals surface area contributed by atoms with Crippen molar-refractivity contribution in [1.82, 2.24) is 5.32 Å². The van der Waals surface area contributed by atoms with Crippen molar-refractivity contribution < 1.29 is 0 Å². The normalized spacial score (nSPS) is 12.5. The van der Waals surface area contributed by atoms with Gasteiger partial charge in [0.25, 0.3) is 0 Å². The number of hydrogen-bond acceptors (Lipinski definition) is 3. The number of nitrogens with one attached hydrogen (secondary N) is 1. The SMILES string of the molecule is CCCNC(CCc1ccsc1)CSc1cccc(Br)c1. The Balaban J connectivity index is 1.83. The van der Waals surface area contributed by atoms with Gasteiger partial charge in [-0.3, -0.25) is 0 Å². The number of hydrogen-bond donors (Lipinski definition) is 1. The van der Waals surface area contributed by atoms with E-state index in [1.54, 1.807) is 11.3 Å². The molecule has 1 heterocycles. The smallest absolute Gasteiger partial charge is 0.0186 e. The summed E-state index contributed by atoms with van der Waals surface area (Å²) in [6, 6.07) is 11.4. The maximum Gasteiger partial charge on any atom is 0.0186 e. The van der Waals surface area contributed by atoms with Crippen molar-refractivity contribution in [2.45, 2.75) is 37.1 Å². The monoisotopic (exact) mass is 383 g/mol. The summed E-state index contributed by atoms with van der Waals surface area (Å²) in [5.41, 5.74) is 1.47. The van der Waals surface area contributed by atoms with E-state index in [0.717, 1.165) is 16.8 Å². The summed E-state index contributed by atoms with van der Waals surface area (Å²) in [4.78, 5) is 1.34. The first-order valence-corrected chi connectivity index (χ1v) is 10.1. The fourth-order valence-electron chi connectivity index (χ4n) is 2.12. The van der Waals surface area contributed by atoms with Crippen LogP contribution in [-0.2, 0) is 6.42 Å². The Morgan fingerprint density at radius 2 is 2.24 bits per heavy atom. The van der Waals surface area contributed by atoms with Gasteiger partial charge >= 0.3 is 0 Å². The number of thioether (sulfide) groups is 1. The van der Waals surface area contributed by atoms with Crippen molar-refractivity contribution in [2.24, 2.45) is 0 Å². The predicted octanol–water partition coefficient (Wildman–Crippen LogP) is 5.60. The molecule has 1 unspecified atom stereocenters. The van der Waals surface area contributed by atoms with Crippen LogP contribution in [0.4, 0.5) is 0 Å². The van der Waals surface area contributed by atoms with Gasteiger partial charge < -0.3 is 5.32 Å². The zero-order valence-corrected chi connectivity index (χ0v) is 15.6. The van der Waals surface area contributed by atoms with Gasteiger partial charge in [-0.15, -0.1) is 11.8 Å². The van der Waals surface area contributed by atoms with Gasteiger partial charge in [0.1, 0.15) is 0 Å². The van der Waals surface area contributed by atoms with Gasteiger partial charge in [0.2, 0.25) is 0 Å². The molecule has 114 valence electrons. The van der Waals surface area contributed by atoms with Crippen LogP contribution in [0.3, 0.4) is 0 Å². The third-order valence-electron chi connectivity index (χ3n) is 3.29. The second kappa shape index (κ2) is 9.67. The summed E-state index contributed by atoms with van der Waals surface area (Å²) in [7, 11) is 0. The Kier molecular flexibility index (Phi) is 7.86. The number of halogens is 1. The van der Waals surface area contributed by atoms with E-state index in [0.29, 0.717) is 6.04 Å². The van der Waals surface area contributed by atoms with Crippen LogP contribution < -0.4 is 5.32 Å². The molecule has 1 aromatic heterocycles. The van der Waals surface area contributed by atoms with Crippen LogP contribution >= 0.6 is 39.0 Å². The Hall–Kier alpha value is -0.290. The van der Waals surface area contributed by atoms with E-state index in [1.807, 2.05) is 11.8 Å². The molecule has 1 atom stereocenters. The van der Waals surface area contributed by atoms with Crippen LogP contribution in [0.1, 0.15) is 25.3 Å². The molecule has 0 radical (unpaired) electrons. The zero-order valence-electron chi connectivity index (χ0n) is 12.3. The number of benzene rings is 1. The van der Waals surface area contributed by atoms with Crippen LogP contribution in [0.5, 0.6) is 0 Å². The highest BCUT2D eigenvalue weighted by molar-refractivity contribution is 9.10. The third-order valence-corrected chi connectivity index (χ3v) is 5.67. The molecule has 1 N–H and O–H groups in total. The first kappa shape index (κ1) is 17.1. The first-order chi connectivity index (χ1) is 10.3. The van der Waals surface area contributed by atoms with Crippen molar-refractivity contribution >= 4 is 39.0 Å².